The van der Waals surface area contributed by atoms with Gasteiger partial charge >= 0.3 is 0 Å². The highest BCUT2D eigenvalue weighted by Crippen LogP contribution is 2.18. The third-order valence-electron chi connectivity index (χ3n) is 3.18. The number of hydrogen-bond donors (Lipinski definition) is 2. The van der Waals surface area contributed by atoms with E-state index in [-0.39, 0.29) is 11.8 Å². The highest BCUT2D eigenvalue weighted by molar-refractivity contribution is 5.81. The first kappa shape index (κ1) is 13.5. The van der Waals surface area contributed by atoms with Gasteiger partial charge in [0.1, 0.15) is 0 Å². The Morgan fingerprint density at radius 3 is 2.81 bits per heavy atom. The van der Waals surface area contributed by atoms with Crippen molar-refractivity contribution in [1.82, 2.24) is 5.32 Å². The summed E-state index contributed by atoms with van der Waals surface area (Å²) in [6, 6.07) is -0.391. The maximum absolute atomic E-state index is 11.6. The summed E-state index contributed by atoms with van der Waals surface area (Å²) in [5.41, 5.74) is 5.77. The van der Waals surface area contributed by atoms with Crippen LogP contribution < -0.4 is 11.1 Å². The Hall–Kier alpha value is -0.610. The Morgan fingerprint density at radius 2 is 2.25 bits per heavy atom. The minimum Gasteiger partial charge on any atom is -0.378 e. The standard InChI is InChI=1S/C12H24N2O2/c1-8(2)11(13)12(15)14-7-10-4-5-16-9(3)6-10/h8-11H,4-7,13H2,1-3H3,(H,14,15)/t9?,10?,11-/m0/s1. The van der Waals surface area contributed by atoms with Crippen LogP contribution in [0.1, 0.15) is 33.6 Å². The minimum absolute atomic E-state index is 0.0332. The molecule has 3 N–H and O–H groups in total. The lowest BCUT2D eigenvalue weighted by atomic mass is 9.96. The molecular formula is C12H24N2O2. The van der Waals surface area contributed by atoms with Crippen molar-refractivity contribution in [2.45, 2.75) is 45.8 Å². The summed E-state index contributed by atoms with van der Waals surface area (Å²) >= 11 is 0. The van der Waals surface area contributed by atoms with E-state index in [2.05, 4.69) is 12.2 Å². The van der Waals surface area contributed by atoms with Gasteiger partial charge in [0.25, 0.3) is 0 Å². The SMILES string of the molecule is CC1CC(CNC(=O)[C@@H](N)C(C)C)CCO1. The van der Waals surface area contributed by atoms with Crippen LogP contribution in [-0.4, -0.2) is 31.2 Å². The van der Waals surface area contributed by atoms with Gasteiger partial charge in [-0.15, -0.1) is 0 Å². The summed E-state index contributed by atoms with van der Waals surface area (Å²) in [7, 11) is 0. The van der Waals surface area contributed by atoms with E-state index >= 15 is 0 Å². The van der Waals surface area contributed by atoms with Crippen LogP contribution in [0, 0.1) is 11.8 Å². The highest BCUT2D eigenvalue weighted by Gasteiger charge is 2.22. The summed E-state index contributed by atoms with van der Waals surface area (Å²) in [5.74, 6) is 0.690. The van der Waals surface area contributed by atoms with E-state index in [4.69, 9.17) is 10.5 Å². The van der Waals surface area contributed by atoms with Crippen LogP contribution >= 0.6 is 0 Å². The average molecular weight is 228 g/mol. The fraction of sp³-hybridized carbons (Fsp3) is 0.917. The Labute approximate surface area is 97.9 Å². The first-order valence-electron chi connectivity index (χ1n) is 6.15. The maximum atomic E-state index is 11.6. The molecule has 2 unspecified atom stereocenters. The molecule has 1 aliphatic heterocycles. The quantitative estimate of drug-likeness (QED) is 0.751. The zero-order valence-corrected chi connectivity index (χ0v) is 10.5. The lowest BCUT2D eigenvalue weighted by Gasteiger charge is -2.28. The molecule has 1 fully saturated rings. The van der Waals surface area contributed by atoms with E-state index in [0.29, 0.717) is 12.0 Å². The van der Waals surface area contributed by atoms with Crippen LogP contribution in [0.4, 0.5) is 0 Å². The van der Waals surface area contributed by atoms with Crippen LogP contribution in [0.2, 0.25) is 0 Å². The van der Waals surface area contributed by atoms with Crippen molar-refractivity contribution in [2.75, 3.05) is 13.2 Å². The molecule has 1 saturated heterocycles. The Balaban J connectivity index is 2.25. The third-order valence-corrected chi connectivity index (χ3v) is 3.18. The molecule has 0 aromatic carbocycles. The summed E-state index contributed by atoms with van der Waals surface area (Å²) in [5, 5.41) is 2.93. The molecule has 0 bridgehead atoms. The Kier molecular flexibility index (Phi) is 5.22. The molecule has 0 radical (unpaired) electrons. The predicted molar refractivity (Wildman–Crippen MR) is 64.0 cm³/mol. The monoisotopic (exact) mass is 228 g/mol. The van der Waals surface area contributed by atoms with Gasteiger partial charge in [-0.05, 0) is 31.6 Å². The molecular weight excluding hydrogens is 204 g/mol. The fourth-order valence-electron chi connectivity index (χ4n) is 1.94. The molecule has 1 rings (SSSR count). The van der Waals surface area contributed by atoms with E-state index < -0.39 is 6.04 Å². The first-order valence-corrected chi connectivity index (χ1v) is 6.15. The second-order valence-electron chi connectivity index (χ2n) is 5.09. The molecule has 3 atom stereocenters. The van der Waals surface area contributed by atoms with Crippen molar-refractivity contribution >= 4 is 5.91 Å². The zero-order chi connectivity index (χ0) is 12.1. The molecule has 0 saturated carbocycles. The molecule has 1 heterocycles. The molecule has 0 aromatic rings. The average Bonchev–Trinajstić information content (AvgIpc) is 2.24. The number of carbonyl (C=O) groups is 1. The molecule has 0 spiro atoms. The summed E-state index contributed by atoms with van der Waals surface area (Å²) < 4.78 is 5.46. The molecule has 1 amide bonds. The van der Waals surface area contributed by atoms with E-state index in [1.54, 1.807) is 0 Å². The normalized spacial score (nSPS) is 27.8. The van der Waals surface area contributed by atoms with Crippen LogP contribution in [0.3, 0.4) is 0 Å². The van der Waals surface area contributed by atoms with E-state index in [0.717, 1.165) is 26.0 Å². The number of amides is 1. The summed E-state index contributed by atoms with van der Waals surface area (Å²) in [6.07, 6.45) is 2.37. The first-order chi connectivity index (χ1) is 7.50. The maximum Gasteiger partial charge on any atom is 0.237 e. The molecule has 0 aromatic heterocycles. The fourth-order valence-corrected chi connectivity index (χ4v) is 1.94. The lowest BCUT2D eigenvalue weighted by Crippen LogP contribution is -2.46. The van der Waals surface area contributed by atoms with Crippen molar-refractivity contribution in [3.8, 4) is 0 Å². The summed E-state index contributed by atoms with van der Waals surface area (Å²) in [4.78, 5) is 11.6. The smallest absolute Gasteiger partial charge is 0.237 e. The van der Waals surface area contributed by atoms with Gasteiger partial charge < -0.3 is 15.8 Å². The van der Waals surface area contributed by atoms with Crippen LogP contribution in [-0.2, 0) is 9.53 Å². The molecule has 94 valence electrons. The van der Waals surface area contributed by atoms with Gasteiger partial charge in [0.15, 0.2) is 0 Å². The molecule has 1 aliphatic rings. The number of carbonyl (C=O) groups excluding carboxylic acids is 1. The minimum atomic E-state index is -0.391. The number of nitrogens with two attached hydrogens (primary N) is 1. The summed E-state index contributed by atoms with van der Waals surface area (Å²) in [6.45, 7) is 7.53. The van der Waals surface area contributed by atoms with E-state index in [9.17, 15) is 4.79 Å². The molecule has 4 nitrogen and oxygen atoms in total. The Bertz CT molecular complexity index is 231. The second kappa shape index (κ2) is 6.21. The van der Waals surface area contributed by atoms with Crippen molar-refractivity contribution in [1.29, 1.82) is 0 Å². The van der Waals surface area contributed by atoms with Gasteiger partial charge in [0.2, 0.25) is 5.91 Å². The van der Waals surface area contributed by atoms with Crippen LogP contribution in [0.25, 0.3) is 0 Å². The van der Waals surface area contributed by atoms with E-state index in [1.165, 1.54) is 0 Å². The van der Waals surface area contributed by atoms with Crippen LogP contribution in [0.5, 0.6) is 0 Å². The largest absolute Gasteiger partial charge is 0.378 e. The highest BCUT2D eigenvalue weighted by atomic mass is 16.5. The topological polar surface area (TPSA) is 64.4 Å². The van der Waals surface area contributed by atoms with Crippen molar-refractivity contribution in [2.24, 2.45) is 17.6 Å². The lowest BCUT2D eigenvalue weighted by molar-refractivity contribution is -0.123. The second-order valence-corrected chi connectivity index (χ2v) is 5.09. The van der Waals surface area contributed by atoms with Crippen molar-refractivity contribution in [3.63, 3.8) is 0 Å². The zero-order valence-electron chi connectivity index (χ0n) is 10.5. The molecule has 16 heavy (non-hydrogen) atoms. The number of rotatable bonds is 4. The van der Waals surface area contributed by atoms with Crippen molar-refractivity contribution in [3.05, 3.63) is 0 Å². The molecule has 0 aliphatic carbocycles. The predicted octanol–water partition coefficient (Wildman–Crippen LogP) is 0.901. The number of hydrogen-bond acceptors (Lipinski definition) is 3. The number of ether oxygens (including phenoxy) is 1. The molecule has 4 heteroatoms. The van der Waals surface area contributed by atoms with Gasteiger partial charge in [-0.25, -0.2) is 0 Å². The van der Waals surface area contributed by atoms with E-state index in [1.807, 2.05) is 13.8 Å². The van der Waals surface area contributed by atoms with Gasteiger partial charge in [-0.1, -0.05) is 13.8 Å². The van der Waals surface area contributed by atoms with Crippen molar-refractivity contribution < 1.29 is 9.53 Å². The van der Waals surface area contributed by atoms with Gasteiger partial charge in [-0.2, -0.15) is 0 Å². The van der Waals surface area contributed by atoms with Gasteiger partial charge in [0.05, 0.1) is 12.1 Å². The van der Waals surface area contributed by atoms with Gasteiger partial charge in [0, 0.05) is 13.2 Å². The third kappa shape index (κ3) is 4.10. The van der Waals surface area contributed by atoms with Crippen LogP contribution in [0.15, 0.2) is 0 Å². The number of nitrogens with one attached hydrogen (secondary N) is 1. The van der Waals surface area contributed by atoms with Gasteiger partial charge in [-0.3, -0.25) is 4.79 Å². The Morgan fingerprint density at radius 1 is 1.56 bits per heavy atom.